The topological polar surface area (TPSA) is 77.5 Å². The fourth-order valence-corrected chi connectivity index (χ4v) is 8.70. The van der Waals surface area contributed by atoms with E-state index in [9.17, 15) is 14.3 Å². The summed E-state index contributed by atoms with van der Waals surface area (Å²) in [6.07, 6.45) is 10.2. The molecule has 2 aromatic heterocycles. The summed E-state index contributed by atoms with van der Waals surface area (Å²) in [6, 6.07) is 9.76. The number of aliphatic hydroxyl groups excluding tert-OH is 1. The summed E-state index contributed by atoms with van der Waals surface area (Å²) in [7, 11) is 0. The SMILES string of the molecule is CC12Cc3cnn(-c4ccc(F)cc4)c3C=C1CCC1C2[C@@H](O)CC2(C)C1CC[C@H]2OC(=O)c1ccco1. The van der Waals surface area contributed by atoms with Gasteiger partial charge in [0.15, 0.2) is 0 Å². The molecule has 0 amide bonds. The van der Waals surface area contributed by atoms with Crippen LogP contribution in [0.25, 0.3) is 11.8 Å². The third kappa shape index (κ3) is 3.40. The van der Waals surface area contributed by atoms with Gasteiger partial charge in [0.05, 0.1) is 29.9 Å². The van der Waals surface area contributed by atoms with Crippen LogP contribution in [0.15, 0.2) is 58.8 Å². The lowest BCUT2D eigenvalue weighted by atomic mass is 9.46. The Hall–Kier alpha value is -3.19. The molecule has 4 aliphatic rings. The van der Waals surface area contributed by atoms with E-state index in [0.717, 1.165) is 43.5 Å². The normalized spacial score (nSPS) is 35.5. The fraction of sp³-hybridized carbons (Fsp3) is 0.484. The van der Waals surface area contributed by atoms with Gasteiger partial charge >= 0.3 is 5.97 Å². The Kier molecular flexibility index (Phi) is 5.28. The Morgan fingerprint density at radius 2 is 2.00 bits per heavy atom. The van der Waals surface area contributed by atoms with Crippen LogP contribution in [0.1, 0.15) is 67.8 Å². The molecule has 7 rings (SSSR count). The van der Waals surface area contributed by atoms with Gasteiger partial charge in [0, 0.05) is 5.41 Å². The minimum absolute atomic E-state index is 0.141. The fourth-order valence-electron chi connectivity index (χ4n) is 8.70. The molecule has 0 aliphatic heterocycles. The van der Waals surface area contributed by atoms with E-state index in [0.29, 0.717) is 18.3 Å². The summed E-state index contributed by atoms with van der Waals surface area (Å²) >= 11 is 0. The number of aliphatic hydroxyl groups is 1. The lowest BCUT2D eigenvalue weighted by molar-refractivity contribution is -0.138. The second-order valence-corrected chi connectivity index (χ2v) is 12.3. The number of benzene rings is 1. The van der Waals surface area contributed by atoms with E-state index in [-0.39, 0.29) is 34.4 Å². The van der Waals surface area contributed by atoms with E-state index in [1.165, 1.54) is 29.5 Å². The van der Waals surface area contributed by atoms with Crippen molar-refractivity contribution in [2.24, 2.45) is 28.6 Å². The maximum Gasteiger partial charge on any atom is 0.374 e. The molecule has 1 N–H and O–H groups in total. The second-order valence-electron chi connectivity index (χ2n) is 12.3. The van der Waals surface area contributed by atoms with Gasteiger partial charge in [-0.1, -0.05) is 19.4 Å². The van der Waals surface area contributed by atoms with Crippen LogP contribution in [0.2, 0.25) is 0 Å². The van der Waals surface area contributed by atoms with Crippen molar-refractivity contribution in [1.82, 2.24) is 9.78 Å². The minimum atomic E-state index is -0.480. The third-order valence-electron chi connectivity index (χ3n) is 10.4. The Morgan fingerprint density at radius 1 is 1.18 bits per heavy atom. The van der Waals surface area contributed by atoms with E-state index in [1.807, 2.05) is 10.9 Å². The van der Waals surface area contributed by atoms with Crippen LogP contribution in [-0.2, 0) is 11.2 Å². The van der Waals surface area contributed by atoms with Gasteiger partial charge in [-0.05, 0) is 110 Å². The number of halogens is 1. The van der Waals surface area contributed by atoms with E-state index in [4.69, 9.17) is 9.15 Å². The number of nitrogens with zero attached hydrogens (tertiary/aromatic N) is 2. The van der Waals surface area contributed by atoms with Crippen LogP contribution in [0.3, 0.4) is 0 Å². The number of aromatic nitrogens is 2. The third-order valence-corrected chi connectivity index (χ3v) is 10.4. The molecule has 7 heteroatoms. The van der Waals surface area contributed by atoms with Crippen LogP contribution in [0.4, 0.5) is 4.39 Å². The largest absolute Gasteiger partial charge is 0.457 e. The highest BCUT2D eigenvalue weighted by Gasteiger charge is 2.63. The molecular weight excluding hydrogens is 483 g/mol. The number of hydrogen-bond acceptors (Lipinski definition) is 5. The summed E-state index contributed by atoms with van der Waals surface area (Å²) in [6.45, 7) is 4.53. The summed E-state index contributed by atoms with van der Waals surface area (Å²) in [5, 5.41) is 16.4. The molecule has 0 radical (unpaired) electrons. The lowest BCUT2D eigenvalue weighted by Gasteiger charge is -2.59. The molecule has 0 saturated heterocycles. The maximum atomic E-state index is 13.5. The molecule has 4 aliphatic carbocycles. The molecular formula is C31H33FN2O4. The average molecular weight is 517 g/mol. The number of furan rings is 1. The summed E-state index contributed by atoms with van der Waals surface area (Å²) in [4.78, 5) is 12.7. The van der Waals surface area contributed by atoms with Crippen molar-refractivity contribution in [1.29, 1.82) is 0 Å². The first kappa shape index (κ1) is 23.9. The van der Waals surface area contributed by atoms with Crippen molar-refractivity contribution < 1.29 is 23.4 Å². The van der Waals surface area contributed by atoms with Gasteiger partial charge in [-0.2, -0.15) is 5.10 Å². The van der Waals surface area contributed by atoms with Crippen LogP contribution in [0.5, 0.6) is 0 Å². The number of esters is 1. The highest BCUT2D eigenvalue weighted by atomic mass is 19.1. The van der Waals surface area contributed by atoms with E-state index in [2.05, 4.69) is 25.0 Å². The molecule has 0 spiro atoms. The molecule has 2 heterocycles. The molecule has 198 valence electrons. The van der Waals surface area contributed by atoms with Crippen molar-refractivity contribution in [3.63, 3.8) is 0 Å². The number of hydrogen-bond donors (Lipinski definition) is 1. The number of carbonyl (C=O) groups excluding carboxylic acids is 1. The first-order chi connectivity index (χ1) is 18.3. The molecule has 3 aromatic rings. The average Bonchev–Trinajstić information content (AvgIpc) is 3.62. The molecule has 1 aromatic carbocycles. The van der Waals surface area contributed by atoms with E-state index in [1.54, 1.807) is 24.3 Å². The lowest BCUT2D eigenvalue weighted by Crippen LogP contribution is -2.57. The monoisotopic (exact) mass is 516 g/mol. The Balaban J connectivity index is 1.18. The zero-order valence-electron chi connectivity index (χ0n) is 21.8. The first-order valence-corrected chi connectivity index (χ1v) is 13.7. The number of carbonyl (C=O) groups is 1. The smallest absolute Gasteiger partial charge is 0.374 e. The molecule has 38 heavy (non-hydrogen) atoms. The maximum absolute atomic E-state index is 13.5. The number of rotatable bonds is 3. The Bertz CT molecular complexity index is 1410. The van der Waals surface area contributed by atoms with Crippen LogP contribution >= 0.6 is 0 Å². The van der Waals surface area contributed by atoms with E-state index < -0.39 is 12.1 Å². The van der Waals surface area contributed by atoms with Crippen LogP contribution in [0, 0.1) is 34.4 Å². The zero-order chi connectivity index (χ0) is 26.2. The minimum Gasteiger partial charge on any atom is -0.457 e. The van der Waals surface area contributed by atoms with Crippen molar-refractivity contribution in [3.8, 4) is 5.69 Å². The molecule has 5 unspecified atom stereocenters. The molecule has 3 fully saturated rings. The predicted octanol–water partition coefficient (Wildman–Crippen LogP) is 5.98. The van der Waals surface area contributed by atoms with Gasteiger partial charge in [0.2, 0.25) is 5.76 Å². The predicted molar refractivity (Wildman–Crippen MR) is 139 cm³/mol. The van der Waals surface area contributed by atoms with Crippen molar-refractivity contribution in [3.05, 3.63) is 77.3 Å². The molecule has 6 nitrogen and oxygen atoms in total. The highest BCUT2D eigenvalue weighted by molar-refractivity contribution is 5.86. The molecule has 3 saturated carbocycles. The quantitative estimate of drug-likeness (QED) is 0.433. The standard InChI is InChI=1S/C31H33FN2O4/c1-30-15-18-17-33-34(21-8-6-20(32)7-9-21)24(18)14-19(30)5-10-22-23-11-12-27(31(23,2)16-25(35)28(22)30)38-29(36)26-4-3-13-37-26/h3-4,6-9,13-14,17,22-23,25,27-28,35H,5,10-12,15-16H2,1-2H3/t22?,23?,25-,27+,28?,30?,31?/m0/s1. The molecule has 0 bridgehead atoms. The Morgan fingerprint density at radius 3 is 2.76 bits per heavy atom. The number of ether oxygens (including phenoxy) is 1. The van der Waals surface area contributed by atoms with Gasteiger partial charge in [-0.25, -0.2) is 13.9 Å². The van der Waals surface area contributed by atoms with Gasteiger partial charge in [0.25, 0.3) is 0 Å². The van der Waals surface area contributed by atoms with Gasteiger partial charge < -0.3 is 14.3 Å². The van der Waals surface area contributed by atoms with Crippen LogP contribution < -0.4 is 0 Å². The van der Waals surface area contributed by atoms with Crippen molar-refractivity contribution >= 4 is 12.0 Å². The highest BCUT2D eigenvalue weighted by Crippen LogP contribution is 2.65. The van der Waals surface area contributed by atoms with Gasteiger partial charge in [-0.3, -0.25) is 0 Å². The van der Waals surface area contributed by atoms with Gasteiger partial charge in [-0.15, -0.1) is 0 Å². The summed E-state index contributed by atoms with van der Waals surface area (Å²) < 4.78 is 26.7. The summed E-state index contributed by atoms with van der Waals surface area (Å²) in [5.74, 6) is 0.450. The first-order valence-electron chi connectivity index (χ1n) is 13.7. The number of fused-ring (bicyclic) bond motifs is 6. The van der Waals surface area contributed by atoms with Crippen molar-refractivity contribution in [2.75, 3.05) is 0 Å². The van der Waals surface area contributed by atoms with E-state index >= 15 is 0 Å². The summed E-state index contributed by atoms with van der Waals surface area (Å²) in [5.41, 5.74) is 4.03. The molecule has 7 atom stereocenters. The zero-order valence-corrected chi connectivity index (χ0v) is 21.8. The van der Waals surface area contributed by atoms with Crippen LogP contribution in [-0.4, -0.2) is 33.1 Å². The van der Waals surface area contributed by atoms with Gasteiger partial charge in [0.1, 0.15) is 11.9 Å². The second kappa shape index (κ2) is 8.40. The Labute approximate surface area is 221 Å². The van der Waals surface area contributed by atoms with Crippen molar-refractivity contribution in [2.45, 2.75) is 64.6 Å². The number of allylic oxidation sites excluding steroid dienone is 1.